The number of halogens is 3. The Hall–Kier alpha value is -2.60. The maximum atomic E-state index is 13.8. The van der Waals surface area contributed by atoms with E-state index in [1.807, 2.05) is 6.92 Å². The molecule has 2 aromatic rings. The Kier molecular flexibility index (Phi) is 8.37. The average Bonchev–Trinajstić information content (AvgIpc) is 2.97. The van der Waals surface area contributed by atoms with Gasteiger partial charge < -0.3 is 20.8 Å². The lowest BCUT2D eigenvalue weighted by atomic mass is 9.71. The van der Waals surface area contributed by atoms with Crippen LogP contribution in [0.2, 0.25) is 5.02 Å². The molecule has 4 N–H and O–H groups in total. The molecule has 0 spiro atoms. The van der Waals surface area contributed by atoms with Crippen LogP contribution in [0.15, 0.2) is 41.3 Å². The summed E-state index contributed by atoms with van der Waals surface area (Å²) in [6, 6.07) is 6.62. The zero-order chi connectivity index (χ0) is 28.7. The molecule has 3 unspecified atom stereocenters. The van der Waals surface area contributed by atoms with Crippen LogP contribution in [0.4, 0.5) is 14.5 Å². The van der Waals surface area contributed by atoms with Crippen molar-refractivity contribution in [2.75, 3.05) is 11.9 Å². The van der Waals surface area contributed by atoms with Gasteiger partial charge in [0.2, 0.25) is 5.91 Å². The van der Waals surface area contributed by atoms with Gasteiger partial charge in [-0.1, -0.05) is 18.5 Å². The Bertz CT molecular complexity index is 1390. The lowest BCUT2D eigenvalue weighted by Crippen LogP contribution is -2.51. The summed E-state index contributed by atoms with van der Waals surface area (Å²) in [5.41, 5.74) is -1.42. The zero-order valence-electron chi connectivity index (χ0n) is 21.5. The molecule has 0 radical (unpaired) electrons. The highest BCUT2D eigenvalue weighted by Gasteiger charge is 2.59. The molecule has 2 aliphatic carbocycles. The summed E-state index contributed by atoms with van der Waals surface area (Å²) in [5.74, 6) is -4.28. The van der Waals surface area contributed by atoms with Crippen LogP contribution < -0.4 is 10.6 Å². The highest BCUT2D eigenvalue weighted by molar-refractivity contribution is 7.92. The lowest BCUT2D eigenvalue weighted by Gasteiger charge is -2.42. The van der Waals surface area contributed by atoms with Crippen molar-refractivity contribution < 1.29 is 37.0 Å². The highest BCUT2D eigenvalue weighted by Crippen LogP contribution is 2.56. The van der Waals surface area contributed by atoms with Crippen molar-refractivity contribution in [1.82, 2.24) is 5.32 Å². The van der Waals surface area contributed by atoms with Crippen molar-refractivity contribution in [3.05, 3.63) is 58.6 Å². The zero-order valence-corrected chi connectivity index (χ0v) is 23.0. The fraction of sp³-hybridized carbons (Fsp3) is 0.481. The van der Waals surface area contributed by atoms with Gasteiger partial charge in [-0.15, -0.1) is 0 Å². The van der Waals surface area contributed by atoms with Gasteiger partial charge in [-0.25, -0.2) is 17.2 Å². The Morgan fingerprint density at radius 3 is 2.49 bits per heavy atom. The van der Waals surface area contributed by atoms with Crippen LogP contribution in [0.3, 0.4) is 0 Å². The minimum absolute atomic E-state index is 0.00660. The molecular weight excluding hydrogens is 554 g/mol. The third kappa shape index (κ3) is 5.96. The second-order valence-electron chi connectivity index (χ2n) is 10.7. The average molecular weight is 585 g/mol. The summed E-state index contributed by atoms with van der Waals surface area (Å²) >= 11 is 6.28. The first kappa shape index (κ1) is 29.4. The summed E-state index contributed by atoms with van der Waals surface area (Å²) in [6.45, 7) is 3.51. The van der Waals surface area contributed by atoms with E-state index in [-0.39, 0.29) is 52.9 Å². The Labute approximate surface area is 230 Å². The molecule has 0 aliphatic heterocycles. The van der Waals surface area contributed by atoms with Gasteiger partial charge in [0.1, 0.15) is 0 Å². The lowest BCUT2D eigenvalue weighted by molar-refractivity contribution is -0.133. The standard InChI is InChI=1S/C27H31ClF2N2O6S/c1-14-7-17-9-19(11-20(14)27(17,36)12-25(34)31-13-15(2)33)39(37,38)24-8-16(3-5-21(24)28)26(35)32-18-4-6-22(29)23(30)10-18/h3-6,8,10,14-15,17,19-20,33,36H,7,9,11-13H2,1-2H3,(H,31,34)(H,32,35)/t14-,15-,17?,19?,20?,27+/m0/s1. The minimum Gasteiger partial charge on any atom is -0.392 e. The molecule has 2 aromatic carbocycles. The van der Waals surface area contributed by atoms with E-state index in [0.717, 1.165) is 18.2 Å². The number of rotatable bonds is 8. The molecule has 8 nitrogen and oxygen atoms in total. The summed E-state index contributed by atoms with van der Waals surface area (Å²) in [6.07, 6.45) is -0.139. The van der Waals surface area contributed by atoms with Gasteiger partial charge in [-0.05, 0) is 74.3 Å². The van der Waals surface area contributed by atoms with E-state index in [1.54, 1.807) is 0 Å². The number of hydrogen-bond acceptors (Lipinski definition) is 6. The van der Waals surface area contributed by atoms with E-state index in [4.69, 9.17) is 11.6 Å². The fourth-order valence-corrected chi connectivity index (χ4v) is 8.35. The predicted molar refractivity (Wildman–Crippen MR) is 141 cm³/mol. The molecule has 2 amide bonds. The van der Waals surface area contributed by atoms with Gasteiger partial charge in [0, 0.05) is 23.9 Å². The number of amides is 2. The molecule has 0 aromatic heterocycles. The number of nitrogens with one attached hydrogen (secondary N) is 2. The molecule has 0 heterocycles. The van der Waals surface area contributed by atoms with Crippen molar-refractivity contribution in [1.29, 1.82) is 0 Å². The maximum Gasteiger partial charge on any atom is 0.255 e. The van der Waals surface area contributed by atoms with Crippen molar-refractivity contribution >= 4 is 38.9 Å². The molecule has 2 saturated carbocycles. The monoisotopic (exact) mass is 584 g/mol. The number of sulfone groups is 1. The first-order valence-corrected chi connectivity index (χ1v) is 14.6. The number of carbonyl (C=O) groups is 2. The van der Waals surface area contributed by atoms with Crippen molar-refractivity contribution in [2.24, 2.45) is 17.8 Å². The molecule has 0 saturated heterocycles. The first-order valence-electron chi connectivity index (χ1n) is 12.7. The van der Waals surface area contributed by atoms with Gasteiger partial charge in [-0.2, -0.15) is 0 Å². The molecule has 6 atom stereocenters. The molecule has 4 rings (SSSR count). The molecule has 12 heteroatoms. The SMILES string of the molecule is C[C@H](O)CNC(=O)C[C@@]1(O)C2CC(S(=O)(=O)c3cc(C(=O)Nc4ccc(F)c(F)c4)ccc3Cl)CC1[C@@H](C)C2. The van der Waals surface area contributed by atoms with E-state index in [9.17, 15) is 37.0 Å². The maximum absolute atomic E-state index is 13.8. The number of aliphatic hydroxyl groups excluding tert-OH is 1. The number of fused-ring (bicyclic) bond motifs is 2. The summed E-state index contributed by atoms with van der Waals surface area (Å²) in [7, 11) is -4.05. The van der Waals surface area contributed by atoms with E-state index in [2.05, 4.69) is 10.6 Å². The molecular formula is C27H31ClF2N2O6S. The molecule has 212 valence electrons. The van der Waals surface area contributed by atoms with Crippen LogP contribution in [-0.4, -0.2) is 53.9 Å². The van der Waals surface area contributed by atoms with Crippen LogP contribution in [0.25, 0.3) is 0 Å². The third-order valence-electron chi connectivity index (χ3n) is 7.91. The quantitative estimate of drug-likeness (QED) is 0.374. The first-order chi connectivity index (χ1) is 18.2. The molecule has 2 fully saturated rings. The molecule has 2 aliphatic rings. The van der Waals surface area contributed by atoms with Gasteiger partial charge >= 0.3 is 0 Å². The number of carbonyl (C=O) groups excluding carboxylic acids is 2. The molecule has 39 heavy (non-hydrogen) atoms. The van der Waals surface area contributed by atoms with E-state index >= 15 is 0 Å². The van der Waals surface area contributed by atoms with Crippen molar-refractivity contribution in [3.8, 4) is 0 Å². The number of anilines is 1. The smallest absolute Gasteiger partial charge is 0.255 e. The van der Waals surface area contributed by atoms with Crippen LogP contribution in [-0.2, 0) is 14.6 Å². The third-order valence-corrected chi connectivity index (χ3v) is 10.6. The highest BCUT2D eigenvalue weighted by atomic mass is 35.5. The Morgan fingerprint density at radius 1 is 1.13 bits per heavy atom. The largest absolute Gasteiger partial charge is 0.392 e. The summed E-state index contributed by atoms with van der Waals surface area (Å²) in [5, 5.41) is 25.0. The fourth-order valence-electron chi connectivity index (χ4n) is 5.98. The number of benzene rings is 2. The van der Waals surface area contributed by atoms with Gasteiger partial charge in [0.25, 0.3) is 5.91 Å². The van der Waals surface area contributed by atoms with Gasteiger partial charge in [0.15, 0.2) is 21.5 Å². The van der Waals surface area contributed by atoms with E-state index in [1.165, 1.54) is 25.1 Å². The Balaban J connectivity index is 1.54. The summed E-state index contributed by atoms with van der Waals surface area (Å²) in [4.78, 5) is 25.0. The normalized spacial score (nSPS) is 27.2. The van der Waals surface area contributed by atoms with Crippen LogP contribution in [0.5, 0.6) is 0 Å². The van der Waals surface area contributed by atoms with E-state index in [0.29, 0.717) is 6.42 Å². The topological polar surface area (TPSA) is 133 Å². The van der Waals surface area contributed by atoms with Crippen molar-refractivity contribution in [3.63, 3.8) is 0 Å². The Morgan fingerprint density at radius 2 is 1.85 bits per heavy atom. The number of aliphatic hydroxyl groups is 2. The molecule has 2 bridgehead atoms. The minimum atomic E-state index is -4.05. The van der Waals surface area contributed by atoms with Crippen LogP contribution >= 0.6 is 11.6 Å². The number of hydrogen-bond donors (Lipinski definition) is 4. The van der Waals surface area contributed by atoms with E-state index < -0.39 is 62.1 Å². The second kappa shape index (κ2) is 11.1. The van der Waals surface area contributed by atoms with Crippen LogP contribution in [0.1, 0.15) is 49.9 Å². The summed E-state index contributed by atoms with van der Waals surface area (Å²) < 4.78 is 54.3. The van der Waals surface area contributed by atoms with Gasteiger partial charge in [0.05, 0.1) is 33.3 Å². The van der Waals surface area contributed by atoms with Gasteiger partial charge in [-0.3, -0.25) is 9.59 Å². The van der Waals surface area contributed by atoms with Crippen molar-refractivity contribution in [2.45, 2.75) is 61.4 Å². The second-order valence-corrected chi connectivity index (χ2v) is 13.3. The van der Waals surface area contributed by atoms with Crippen LogP contribution in [0, 0.1) is 29.4 Å². The predicted octanol–water partition coefficient (Wildman–Crippen LogP) is 3.70.